The van der Waals surface area contributed by atoms with Crippen LogP contribution in [0.25, 0.3) is 0 Å². The van der Waals surface area contributed by atoms with Crippen molar-refractivity contribution in [3.05, 3.63) is 0 Å². The van der Waals surface area contributed by atoms with Gasteiger partial charge in [-0.25, -0.2) is 4.79 Å². The van der Waals surface area contributed by atoms with Gasteiger partial charge in [-0.05, 0) is 13.8 Å². The average molecular weight is 316 g/mol. The number of halogens is 1. The van der Waals surface area contributed by atoms with E-state index in [2.05, 4.69) is 26.5 Å². The molecule has 0 saturated heterocycles. The van der Waals surface area contributed by atoms with Gasteiger partial charge >= 0.3 is 6.09 Å². The molecule has 4 nitrogen and oxygen atoms in total. The molecule has 0 aliphatic carbocycles. The molecule has 0 radical (unpaired) electrons. The number of nitrogens with zero attached hydrogens (tertiary/aromatic N) is 1. The van der Waals surface area contributed by atoms with Gasteiger partial charge in [-0.2, -0.15) is 0 Å². The van der Waals surface area contributed by atoms with E-state index in [1.165, 1.54) is 0 Å². The Kier molecular flexibility index (Phi) is 8.52. The number of quaternary nitrogens is 1. The van der Waals surface area contributed by atoms with Crippen molar-refractivity contribution in [1.29, 1.82) is 0 Å². The first-order valence-corrected chi connectivity index (χ1v) is 4.60. The Balaban J connectivity index is 0. The summed E-state index contributed by atoms with van der Waals surface area (Å²) < 4.78 is 5.89. The predicted molar refractivity (Wildman–Crippen MR) is 52.5 cm³/mol. The zero-order valence-electron chi connectivity index (χ0n) is 9.63. The number of rotatable bonds is 4. The average Bonchev–Trinajstić information content (AvgIpc) is 1.81. The summed E-state index contributed by atoms with van der Waals surface area (Å²) >= 11 is 0. The molecule has 0 heterocycles. The summed E-state index contributed by atoms with van der Waals surface area (Å²) in [6, 6.07) is 0. The summed E-state index contributed by atoms with van der Waals surface area (Å²) in [6.45, 7) is 5.19. The lowest BCUT2D eigenvalue weighted by atomic mass is 10.3. The molecule has 1 atom stereocenters. The van der Waals surface area contributed by atoms with E-state index in [0.717, 1.165) is 11.0 Å². The Bertz CT molecular complexity index is 169. The van der Waals surface area contributed by atoms with E-state index in [1.54, 1.807) is 0 Å². The molecule has 1 amide bonds. The van der Waals surface area contributed by atoms with E-state index in [9.17, 15) is 4.79 Å². The molecule has 0 aliphatic rings. The first kappa shape index (κ1) is 16.4. The molecule has 1 unspecified atom stereocenters. The van der Waals surface area contributed by atoms with Gasteiger partial charge in [0.05, 0.1) is 21.1 Å². The minimum absolute atomic E-state index is 0. The number of amides is 1. The lowest BCUT2D eigenvalue weighted by molar-refractivity contribution is -0.873. The van der Waals surface area contributed by atoms with Crippen LogP contribution in [-0.2, 0) is 4.74 Å². The topological polar surface area (TPSA) is 38.3 Å². The fraction of sp³-hybridized carbons (Fsp3) is 0.889. The standard InChI is InChI=1S/C9H20N2O2.HI/c1-6-10-9(12)13-8(2)7-11(3,4)5;/h8H,6-7H2,1-5H3;1H. The summed E-state index contributed by atoms with van der Waals surface area (Å²) in [4.78, 5) is 11.0. The van der Waals surface area contributed by atoms with Crippen molar-refractivity contribution >= 4 is 6.09 Å². The van der Waals surface area contributed by atoms with Crippen LogP contribution >= 0.6 is 0 Å². The number of ether oxygens (including phenoxy) is 1. The van der Waals surface area contributed by atoms with Crippen molar-refractivity contribution in [3.8, 4) is 0 Å². The highest BCUT2D eigenvalue weighted by Gasteiger charge is 2.16. The normalized spacial score (nSPS) is 12.6. The maximum atomic E-state index is 11.0. The smallest absolute Gasteiger partial charge is 0.407 e. The highest BCUT2D eigenvalue weighted by Crippen LogP contribution is 1.98. The molecule has 1 N–H and O–H groups in total. The molecule has 0 aliphatic heterocycles. The van der Waals surface area contributed by atoms with E-state index in [-0.39, 0.29) is 36.2 Å². The van der Waals surface area contributed by atoms with Gasteiger partial charge in [0, 0.05) is 6.54 Å². The molecule has 0 aromatic carbocycles. The number of carbonyl (C=O) groups excluding carboxylic acids is 1. The third-order valence-electron chi connectivity index (χ3n) is 1.43. The molecular formula is C9H21IN2O2. The summed E-state index contributed by atoms with van der Waals surface area (Å²) in [5.74, 6) is 0. The van der Waals surface area contributed by atoms with E-state index in [4.69, 9.17) is 4.74 Å². The number of carbonyl (C=O) groups is 1. The minimum Gasteiger partial charge on any atom is -1.00 e. The van der Waals surface area contributed by atoms with E-state index < -0.39 is 0 Å². The lowest BCUT2D eigenvalue weighted by Crippen LogP contribution is -3.00. The fourth-order valence-corrected chi connectivity index (χ4v) is 1.18. The third kappa shape index (κ3) is 10.0. The van der Waals surface area contributed by atoms with Crippen molar-refractivity contribution in [2.75, 3.05) is 34.2 Å². The largest absolute Gasteiger partial charge is 1.00 e. The van der Waals surface area contributed by atoms with Crippen LogP contribution in [0.1, 0.15) is 13.8 Å². The van der Waals surface area contributed by atoms with Gasteiger partial charge in [-0.1, -0.05) is 0 Å². The monoisotopic (exact) mass is 316 g/mol. The highest BCUT2D eigenvalue weighted by atomic mass is 127. The van der Waals surface area contributed by atoms with E-state index in [1.807, 2.05) is 13.8 Å². The Hall–Kier alpha value is -0.0400. The molecule has 0 rings (SSSR count). The van der Waals surface area contributed by atoms with Crippen molar-refractivity contribution in [2.24, 2.45) is 0 Å². The minimum atomic E-state index is -0.330. The van der Waals surface area contributed by atoms with Crippen LogP contribution in [0.2, 0.25) is 0 Å². The predicted octanol–water partition coefficient (Wildman–Crippen LogP) is -2.17. The van der Waals surface area contributed by atoms with Crippen molar-refractivity contribution < 1.29 is 38.0 Å². The second-order valence-corrected chi connectivity index (χ2v) is 4.22. The van der Waals surface area contributed by atoms with Gasteiger partial charge in [-0.15, -0.1) is 0 Å². The van der Waals surface area contributed by atoms with Gasteiger partial charge in [0.2, 0.25) is 0 Å². The Labute approximate surface area is 104 Å². The Morgan fingerprint density at radius 3 is 2.29 bits per heavy atom. The number of hydrogen-bond donors (Lipinski definition) is 1. The maximum absolute atomic E-state index is 11.0. The molecule has 0 aromatic heterocycles. The molecule has 0 bridgehead atoms. The Morgan fingerprint density at radius 2 is 1.93 bits per heavy atom. The van der Waals surface area contributed by atoms with Crippen LogP contribution < -0.4 is 29.3 Å². The van der Waals surface area contributed by atoms with Crippen LogP contribution in [0.3, 0.4) is 0 Å². The van der Waals surface area contributed by atoms with Crippen LogP contribution in [0.15, 0.2) is 0 Å². The first-order valence-electron chi connectivity index (χ1n) is 4.60. The van der Waals surface area contributed by atoms with Gasteiger partial charge in [0.1, 0.15) is 12.6 Å². The molecule has 0 aromatic rings. The van der Waals surface area contributed by atoms with E-state index >= 15 is 0 Å². The molecular weight excluding hydrogens is 295 g/mol. The second kappa shape index (κ2) is 7.28. The summed E-state index contributed by atoms with van der Waals surface area (Å²) in [6.07, 6.45) is -0.380. The van der Waals surface area contributed by atoms with Gasteiger partial charge < -0.3 is 38.5 Å². The molecule has 86 valence electrons. The third-order valence-corrected chi connectivity index (χ3v) is 1.43. The maximum Gasteiger partial charge on any atom is 0.407 e. The summed E-state index contributed by atoms with van der Waals surface area (Å²) in [7, 11) is 6.20. The van der Waals surface area contributed by atoms with Crippen LogP contribution in [0, 0.1) is 0 Å². The zero-order chi connectivity index (χ0) is 10.5. The second-order valence-electron chi connectivity index (χ2n) is 4.22. The molecule has 0 saturated carbocycles. The van der Waals surface area contributed by atoms with E-state index in [0.29, 0.717) is 6.54 Å². The number of hydrogen-bond acceptors (Lipinski definition) is 2. The lowest BCUT2D eigenvalue weighted by Gasteiger charge is -2.27. The Morgan fingerprint density at radius 1 is 1.43 bits per heavy atom. The fourth-order valence-electron chi connectivity index (χ4n) is 1.18. The summed E-state index contributed by atoms with van der Waals surface area (Å²) in [5.41, 5.74) is 0. The van der Waals surface area contributed by atoms with Crippen molar-refractivity contribution in [3.63, 3.8) is 0 Å². The highest BCUT2D eigenvalue weighted by molar-refractivity contribution is 5.67. The van der Waals surface area contributed by atoms with Crippen LogP contribution in [-0.4, -0.2) is 50.9 Å². The number of likely N-dealkylation sites (N-methyl/N-ethyl adjacent to an activating group) is 1. The summed E-state index contributed by atoms with van der Waals surface area (Å²) in [5, 5.41) is 2.59. The van der Waals surface area contributed by atoms with Crippen LogP contribution in [0.4, 0.5) is 4.79 Å². The van der Waals surface area contributed by atoms with Crippen LogP contribution in [0.5, 0.6) is 0 Å². The molecule has 0 fully saturated rings. The SMILES string of the molecule is CCNC(=O)OC(C)C[N+](C)(C)C.[I-]. The van der Waals surface area contributed by atoms with Gasteiger partial charge in [0.25, 0.3) is 0 Å². The quantitative estimate of drug-likeness (QED) is 0.474. The van der Waals surface area contributed by atoms with Gasteiger partial charge in [0.15, 0.2) is 0 Å². The number of nitrogens with one attached hydrogen (secondary N) is 1. The van der Waals surface area contributed by atoms with Crippen molar-refractivity contribution in [2.45, 2.75) is 20.0 Å². The molecule has 0 spiro atoms. The number of alkyl carbamates (subject to hydrolysis) is 1. The zero-order valence-corrected chi connectivity index (χ0v) is 11.8. The van der Waals surface area contributed by atoms with Gasteiger partial charge in [-0.3, -0.25) is 0 Å². The molecule has 14 heavy (non-hydrogen) atoms. The van der Waals surface area contributed by atoms with Crippen molar-refractivity contribution in [1.82, 2.24) is 5.32 Å². The first-order chi connectivity index (χ1) is 5.85. The molecule has 5 heteroatoms.